The van der Waals surface area contributed by atoms with Crippen molar-refractivity contribution in [2.75, 3.05) is 6.54 Å². The fraction of sp³-hybridized carbons (Fsp3) is 0.643. The monoisotopic (exact) mass is 251 g/mol. The van der Waals surface area contributed by atoms with Crippen LogP contribution in [0.4, 0.5) is 0 Å². The number of hydrogen-bond acceptors (Lipinski definition) is 3. The minimum Gasteiger partial charge on any atom is -0.330 e. The second-order valence-corrected chi connectivity index (χ2v) is 5.83. The molecular weight excluding hydrogens is 230 g/mol. The lowest BCUT2D eigenvalue weighted by molar-refractivity contribution is -0.124. The quantitative estimate of drug-likeness (QED) is 0.874. The number of ketones is 1. The number of hydrogen-bond donors (Lipinski definition) is 1. The Morgan fingerprint density at radius 1 is 1.35 bits per heavy atom. The highest BCUT2D eigenvalue weighted by Crippen LogP contribution is 2.29. The Bertz CT molecular complexity index is 339. The zero-order valence-electron chi connectivity index (χ0n) is 10.2. The molecule has 0 bridgehead atoms. The van der Waals surface area contributed by atoms with Crippen LogP contribution in [-0.2, 0) is 11.2 Å². The molecular formula is C14H21NOS. The summed E-state index contributed by atoms with van der Waals surface area (Å²) < 4.78 is 0. The van der Waals surface area contributed by atoms with Crippen molar-refractivity contribution in [3.05, 3.63) is 22.4 Å². The Balaban J connectivity index is 1.73. The van der Waals surface area contributed by atoms with Crippen LogP contribution in [0.5, 0.6) is 0 Å². The lowest BCUT2D eigenvalue weighted by Crippen LogP contribution is -2.25. The smallest absolute Gasteiger partial charge is 0.136 e. The van der Waals surface area contributed by atoms with Gasteiger partial charge in [0.15, 0.2) is 0 Å². The minimum atomic E-state index is 0.316. The molecule has 1 aromatic heterocycles. The largest absolute Gasteiger partial charge is 0.330 e. The fourth-order valence-electron chi connectivity index (χ4n) is 2.63. The number of Topliss-reactive ketones (excluding diaryl/α,β-unsaturated/α-hetero) is 1. The van der Waals surface area contributed by atoms with Crippen molar-refractivity contribution < 1.29 is 4.79 Å². The number of thiophene rings is 1. The van der Waals surface area contributed by atoms with Gasteiger partial charge in [-0.1, -0.05) is 0 Å². The van der Waals surface area contributed by atoms with Crippen LogP contribution in [0, 0.1) is 11.8 Å². The van der Waals surface area contributed by atoms with Crippen LogP contribution in [0.3, 0.4) is 0 Å². The van der Waals surface area contributed by atoms with E-state index >= 15 is 0 Å². The van der Waals surface area contributed by atoms with Crippen molar-refractivity contribution in [3.8, 4) is 0 Å². The number of aryl methyl sites for hydroxylation is 1. The Morgan fingerprint density at radius 3 is 2.71 bits per heavy atom. The second-order valence-electron chi connectivity index (χ2n) is 5.05. The van der Waals surface area contributed by atoms with Crippen LogP contribution in [0.25, 0.3) is 0 Å². The van der Waals surface area contributed by atoms with Crippen molar-refractivity contribution in [2.45, 2.75) is 38.5 Å². The van der Waals surface area contributed by atoms with Gasteiger partial charge in [-0.3, -0.25) is 4.79 Å². The molecule has 3 heteroatoms. The molecule has 1 fully saturated rings. The summed E-state index contributed by atoms with van der Waals surface area (Å²) in [6, 6.07) is 2.11. The average molecular weight is 251 g/mol. The number of rotatable bonds is 5. The number of carbonyl (C=O) groups excluding carboxylic acids is 1. The normalized spacial score (nSPS) is 24.8. The minimum absolute atomic E-state index is 0.316. The maximum Gasteiger partial charge on any atom is 0.136 e. The third-order valence-electron chi connectivity index (χ3n) is 3.88. The summed E-state index contributed by atoms with van der Waals surface area (Å²) in [6.07, 6.45) is 6.04. The van der Waals surface area contributed by atoms with E-state index in [0.717, 1.165) is 38.6 Å². The van der Waals surface area contributed by atoms with Crippen molar-refractivity contribution in [2.24, 2.45) is 17.6 Å². The molecule has 17 heavy (non-hydrogen) atoms. The summed E-state index contributed by atoms with van der Waals surface area (Å²) in [5.74, 6) is 1.44. The third kappa shape index (κ3) is 3.65. The molecule has 1 aliphatic carbocycles. The molecule has 0 aromatic carbocycles. The Labute approximate surface area is 107 Å². The molecule has 94 valence electrons. The first-order chi connectivity index (χ1) is 8.29. The molecule has 1 saturated carbocycles. The molecule has 0 aliphatic heterocycles. The van der Waals surface area contributed by atoms with E-state index in [0.29, 0.717) is 24.0 Å². The van der Waals surface area contributed by atoms with Gasteiger partial charge in [0.2, 0.25) is 0 Å². The first-order valence-corrected chi connectivity index (χ1v) is 7.47. The van der Waals surface area contributed by atoms with Crippen LogP contribution >= 0.6 is 11.3 Å². The molecule has 0 amide bonds. The zero-order valence-corrected chi connectivity index (χ0v) is 11.0. The predicted octanol–water partition coefficient (Wildman–Crippen LogP) is 3.01. The van der Waals surface area contributed by atoms with Crippen LogP contribution in [-0.4, -0.2) is 12.3 Å². The van der Waals surface area contributed by atoms with Gasteiger partial charge in [-0.15, -0.1) is 0 Å². The maximum absolute atomic E-state index is 12.1. The van der Waals surface area contributed by atoms with E-state index in [2.05, 4.69) is 16.8 Å². The molecule has 1 aromatic rings. The maximum atomic E-state index is 12.1. The van der Waals surface area contributed by atoms with E-state index in [1.807, 2.05) is 0 Å². The molecule has 0 radical (unpaired) electrons. The van der Waals surface area contributed by atoms with E-state index in [1.54, 1.807) is 11.3 Å². The molecule has 2 nitrogen and oxygen atoms in total. The van der Waals surface area contributed by atoms with Gasteiger partial charge in [0, 0.05) is 12.3 Å². The second kappa shape index (κ2) is 6.31. The summed E-state index contributed by atoms with van der Waals surface area (Å²) in [7, 11) is 0. The summed E-state index contributed by atoms with van der Waals surface area (Å²) >= 11 is 1.70. The van der Waals surface area contributed by atoms with Crippen molar-refractivity contribution in [3.63, 3.8) is 0 Å². The van der Waals surface area contributed by atoms with Crippen molar-refractivity contribution in [1.29, 1.82) is 0 Å². The first kappa shape index (κ1) is 12.8. The lowest BCUT2D eigenvalue weighted by atomic mass is 9.79. The van der Waals surface area contributed by atoms with Crippen LogP contribution in [0.15, 0.2) is 16.8 Å². The molecule has 1 aliphatic rings. The molecule has 0 unspecified atom stereocenters. The summed E-state index contributed by atoms with van der Waals surface area (Å²) in [5.41, 5.74) is 6.97. The molecule has 0 spiro atoms. The molecule has 0 saturated heterocycles. The SMILES string of the molecule is NCC1CCC(C(=O)CCc2ccsc2)CC1. The summed E-state index contributed by atoms with van der Waals surface area (Å²) in [4.78, 5) is 12.1. The van der Waals surface area contributed by atoms with Gasteiger partial charge in [0.05, 0.1) is 0 Å². The van der Waals surface area contributed by atoms with Crippen LogP contribution < -0.4 is 5.73 Å². The van der Waals surface area contributed by atoms with E-state index in [1.165, 1.54) is 5.56 Å². The van der Waals surface area contributed by atoms with Gasteiger partial charge < -0.3 is 5.73 Å². The van der Waals surface area contributed by atoms with Crippen molar-refractivity contribution >= 4 is 17.1 Å². The summed E-state index contributed by atoms with van der Waals surface area (Å²) in [6.45, 7) is 0.788. The standard InChI is InChI=1S/C14H21NOS/c15-9-11-1-4-13(5-2-11)14(16)6-3-12-7-8-17-10-12/h7-8,10-11,13H,1-6,9,15H2. The van der Waals surface area contributed by atoms with Gasteiger partial charge in [-0.05, 0) is 67.0 Å². The van der Waals surface area contributed by atoms with Crippen LogP contribution in [0.2, 0.25) is 0 Å². The highest BCUT2D eigenvalue weighted by molar-refractivity contribution is 7.07. The third-order valence-corrected chi connectivity index (χ3v) is 4.61. The average Bonchev–Trinajstić information content (AvgIpc) is 2.89. The van der Waals surface area contributed by atoms with Crippen LogP contribution in [0.1, 0.15) is 37.7 Å². The number of nitrogens with two attached hydrogens (primary N) is 1. The number of carbonyl (C=O) groups is 1. The highest BCUT2D eigenvalue weighted by Gasteiger charge is 2.24. The Hall–Kier alpha value is -0.670. The Kier molecular flexibility index (Phi) is 4.75. The molecule has 2 rings (SSSR count). The molecule has 1 heterocycles. The van der Waals surface area contributed by atoms with Gasteiger partial charge in [-0.2, -0.15) is 11.3 Å². The topological polar surface area (TPSA) is 43.1 Å². The zero-order chi connectivity index (χ0) is 12.1. The van der Waals surface area contributed by atoms with Gasteiger partial charge in [-0.25, -0.2) is 0 Å². The molecule has 2 N–H and O–H groups in total. The fourth-order valence-corrected chi connectivity index (χ4v) is 3.33. The van der Waals surface area contributed by atoms with Gasteiger partial charge >= 0.3 is 0 Å². The van der Waals surface area contributed by atoms with Crippen molar-refractivity contribution in [1.82, 2.24) is 0 Å². The van der Waals surface area contributed by atoms with Gasteiger partial charge in [0.25, 0.3) is 0 Å². The van der Waals surface area contributed by atoms with Gasteiger partial charge in [0.1, 0.15) is 5.78 Å². The lowest BCUT2D eigenvalue weighted by Gasteiger charge is -2.26. The van der Waals surface area contributed by atoms with E-state index in [9.17, 15) is 4.79 Å². The molecule has 0 atom stereocenters. The van der Waals surface area contributed by atoms with E-state index in [4.69, 9.17) is 5.73 Å². The first-order valence-electron chi connectivity index (χ1n) is 6.53. The Morgan fingerprint density at radius 2 is 2.12 bits per heavy atom. The van der Waals surface area contributed by atoms with E-state index in [-0.39, 0.29) is 0 Å². The highest BCUT2D eigenvalue weighted by atomic mass is 32.1. The summed E-state index contributed by atoms with van der Waals surface area (Å²) in [5, 5.41) is 4.21. The predicted molar refractivity (Wildman–Crippen MR) is 72.1 cm³/mol. The van der Waals surface area contributed by atoms with E-state index < -0.39 is 0 Å².